The molecule has 0 radical (unpaired) electrons. The van der Waals surface area contributed by atoms with Crippen LogP contribution in [0.25, 0.3) is 0 Å². The van der Waals surface area contributed by atoms with E-state index in [2.05, 4.69) is 4.98 Å². The van der Waals surface area contributed by atoms with Crippen LogP contribution in [0.2, 0.25) is 0 Å². The van der Waals surface area contributed by atoms with E-state index in [0.717, 1.165) is 12.1 Å². The fourth-order valence-electron chi connectivity index (χ4n) is 1.41. The SMILES string of the molecule is OC(c1ccc[nH]1)c1ccc(F)cc1F. The van der Waals surface area contributed by atoms with Gasteiger partial charge in [0.15, 0.2) is 0 Å². The molecule has 1 unspecified atom stereocenters. The molecule has 0 saturated carbocycles. The van der Waals surface area contributed by atoms with E-state index in [4.69, 9.17) is 0 Å². The van der Waals surface area contributed by atoms with E-state index in [1.165, 1.54) is 6.07 Å². The topological polar surface area (TPSA) is 36.0 Å². The Morgan fingerprint density at radius 3 is 2.60 bits per heavy atom. The molecule has 0 amide bonds. The zero-order chi connectivity index (χ0) is 10.8. The van der Waals surface area contributed by atoms with Gasteiger partial charge in [-0.1, -0.05) is 6.07 Å². The minimum atomic E-state index is -1.10. The highest BCUT2D eigenvalue weighted by Crippen LogP contribution is 2.23. The van der Waals surface area contributed by atoms with Gasteiger partial charge < -0.3 is 10.1 Å². The molecule has 0 aliphatic heterocycles. The summed E-state index contributed by atoms with van der Waals surface area (Å²) >= 11 is 0. The maximum absolute atomic E-state index is 13.3. The standard InChI is InChI=1S/C11H9F2NO/c12-7-3-4-8(9(13)6-7)11(15)10-2-1-5-14-10/h1-6,11,14-15H. The molecule has 0 spiro atoms. The number of benzene rings is 1. The van der Waals surface area contributed by atoms with Gasteiger partial charge in [-0.25, -0.2) is 8.78 Å². The number of hydrogen-bond acceptors (Lipinski definition) is 1. The van der Waals surface area contributed by atoms with E-state index in [-0.39, 0.29) is 5.56 Å². The third-order valence-electron chi connectivity index (χ3n) is 2.17. The fraction of sp³-hybridized carbons (Fsp3) is 0.0909. The summed E-state index contributed by atoms with van der Waals surface area (Å²) in [6.45, 7) is 0. The van der Waals surface area contributed by atoms with Crippen molar-refractivity contribution in [2.45, 2.75) is 6.10 Å². The molecule has 4 heteroatoms. The molecular weight excluding hydrogens is 200 g/mol. The Bertz CT molecular complexity index is 454. The van der Waals surface area contributed by atoms with E-state index < -0.39 is 17.7 Å². The molecule has 2 rings (SSSR count). The van der Waals surface area contributed by atoms with Crippen molar-refractivity contribution in [2.75, 3.05) is 0 Å². The van der Waals surface area contributed by atoms with Crippen molar-refractivity contribution in [1.82, 2.24) is 4.98 Å². The van der Waals surface area contributed by atoms with Crippen LogP contribution in [0.4, 0.5) is 8.78 Å². The van der Waals surface area contributed by atoms with Crippen molar-refractivity contribution >= 4 is 0 Å². The average molecular weight is 209 g/mol. The summed E-state index contributed by atoms with van der Waals surface area (Å²) in [5, 5.41) is 9.76. The fourth-order valence-corrected chi connectivity index (χ4v) is 1.41. The number of halogens is 2. The lowest BCUT2D eigenvalue weighted by Gasteiger charge is -2.10. The van der Waals surface area contributed by atoms with Crippen LogP contribution in [0.5, 0.6) is 0 Å². The Hall–Kier alpha value is -1.68. The minimum Gasteiger partial charge on any atom is -0.382 e. The van der Waals surface area contributed by atoms with Gasteiger partial charge in [0.05, 0.1) is 0 Å². The van der Waals surface area contributed by atoms with Crippen molar-refractivity contribution in [1.29, 1.82) is 0 Å². The van der Waals surface area contributed by atoms with Crippen LogP contribution in [0, 0.1) is 11.6 Å². The molecule has 2 nitrogen and oxygen atoms in total. The predicted molar refractivity (Wildman–Crippen MR) is 51.2 cm³/mol. The van der Waals surface area contributed by atoms with E-state index in [1.807, 2.05) is 0 Å². The number of hydrogen-bond donors (Lipinski definition) is 2. The zero-order valence-electron chi connectivity index (χ0n) is 7.74. The first kappa shape index (κ1) is 9.86. The Labute approximate surface area is 85.2 Å². The van der Waals surface area contributed by atoms with Crippen molar-refractivity contribution in [3.8, 4) is 0 Å². The number of aliphatic hydroxyl groups excluding tert-OH is 1. The van der Waals surface area contributed by atoms with Crippen molar-refractivity contribution < 1.29 is 13.9 Å². The van der Waals surface area contributed by atoms with E-state index in [9.17, 15) is 13.9 Å². The smallest absolute Gasteiger partial charge is 0.132 e. The summed E-state index contributed by atoms with van der Waals surface area (Å²) in [4.78, 5) is 2.77. The maximum Gasteiger partial charge on any atom is 0.132 e. The molecular formula is C11H9F2NO. The molecule has 2 N–H and O–H groups in total. The second-order valence-corrected chi connectivity index (χ2v) is 3.19. The van der Waals surface area contributed by atoms with Gasteiger partial charge in [0.25, 0.3) is 0 Å². The highest BCUT2D eigenvalue weighted by Gasteiger charge is 2.15. The lowest BCUT2D eigenvalue weighted by atomic mass is 10.1. The van der Waals surface area contributed by atoms with Gasteiger partial charge in [0.2, 0.25) is 0 Å². The molecule has 78 valence electrons. The van der Waals surface area contributed by atoms with E-state index in [0.29, 0.717) is 5.69 Å². The molecule has 0 fully saturated rings. The van der Waals surface area contributed by atoms with Crippen molar-refractivity contribution in [3.63, 3.8) is 0 Å². The molecule has 0 aliphatic rings. The third-order valence-corrected chi connectivity index (χ3v) is 2.17. The quantitative estimate of drug-likeness (QED) is 0.782. The van der Waals surface area contributed by atoms with Gasteiger partial charge in [-0.15, -0.1) is 0 Å². The zero-order valence-corrected chi connectivity index (χ0v) is 7.74. The number of aliphatic hydroxyl groups is 1. The second kappa shape index (κ2) is 3.82. The summed E-state index contributed by atoms with van der Waals surface area (Å²) in [5.41, 5.74) is 0.527. The molecule has 1 aromatic heterocycles. The number of nitrogens with one attached hydrogen (secondary N) is 1. The number of aromatic amines is 1. The first-order valence-corrected chi connectivity index (χ1v) is 4.45. The highest BCUT2D eigenvalue weighted by molar-refractivity contribution is 5.27. The van der Waals surface area contributed by atoms with Crippen LogP contribution in [0.1, 0.15) is 17.4 Å². The Kier molecular flexibility index (Phi) is 2.51. The molecule has 1 heterocycles. The minimum absolute atomic E-state index is 0.0545. The highest BCUT2D eigenvalue weighted by atomic mass is 19.1. The molecule has 0 saturated heterocycles. The van der Waals surface area contributed by atoms with Crippen LogP contribution in [0.3, 0.4) is 0 Å². The first-order chi connectivity index (χ1) is 7.18. The van der Waals surface area contributed by atoms with Crippen LogP contribution in [-0.4, -0.2) is 10.1 Å². The second-order valence-electron chi connectivity index (χ2n) is 3.19. The van der Waals surface area contributed by atoms with Gasteiger partial charge in [0.1, 0.15) is 17.7 Å². The van der Waals surface area contributed by atoms with Gasteiger partial charge in [0, 0.05) is 23.5 Å². The van der Waals surface area contributed by atoms with Gasteiger partial charge >= 0.3 is 0 Å². The lowest BCUT2D eigenvalue weighted by Crippen LogP contribution is -2.03. The van der Waals surface area contributed by atoms with Gasteiger partial charge in [-0.3, -0.25) is 0 Å². The molecule has 0 aliphatic carbocycles. The molecule has 0 bridgehead atoms. The Balaban J connectivity index is 2.38. The summed E-state index contributed by atoms with van der Waals surface area (Å²) in [5.74, 6) is -1.41. The predicted octanol–water partition coefficient (Wildman–Crippen LogP) is 2.37. The van der Waals surface area contributed by atoms with Crippen LogP contribution in [-0.2, 0) is 0 Å². The molecule has 15 heavy (non-hydrogen) atoms. The summed E-state index contributed by atoms with van der Waals surface area (Å²) in [7, 11) is 0. The summed E-state index contributed by atoms with van der Waals surface area (Å²) in [6, 6.07) is 6.43. The number of H-pyrrole nitrogens is 1. The average Bonchev–Trinajstić information content (AvgIpc) is 2.69. The number of rotatable bonds is 2. The summed E-state index contributed by atoms with van der Waals surface area (Å²) in [6.07, 6.45) is 0.528. The summed E-state index contributed by atoms with van der Waals surface area (Å²) < 4.78 is 25.9. The molecule has 2 aromatic rings. The lowest BCUT2D eigenvalue weighted by molar-refractivity contribution is 0.210. The van der Waals surface area contributed by atoms with Crippen molar-refractivity contribution in [2.24, 2.45) is 0 Å². The monoisotopic (exact) mass is 209 g/mol. The van der Waals surface area contributed by atoms with Crippen LogP contribution in [0.15, 0.2) is 36.5 Å². The first-order valence-electron chi connectivity index (χ1n) is 4.45. The van der Waals surface area contributed by atoms with E-state index in [1.54, 1.807) is 18.3 Å². The van der Waals surface area contributed by atoms with Crippen LogP contribution >= 0.6 is 0 Å². The van der Waals surface area contributed by atoms with E-state index >= 15 is 0 Å². The normalized spacial score (nSPS) is 12.7. The molecule has 1 atom stereocenters. The van der Waals surface area contributed by atoms with Crippen LogP contribution < -0.4 is 0 Å². The Morgan fingerprint density at radius 1 is 1.20 bits per heavy atom. The number of aromatic nitrogens is 1. The third kappa shape index (κ3) is 1.89. The maximum atomic E-state index is 13.3. The Morgan fingerprint density at radius 2 is 2.00 bits per heavy atom. The van der Waals surface area contributed by atoms with Gasteiger partial charge in [-0.2, -0.15) is 0 Å². The van der Waals surface area contributed by atoms with Crippen molar-refractivity contribution in [3.05, 3.63) is 59.4 Å². The largest absolute Gasteiger partial charge is 0.382 e. The molecule has 1 aromatic carbocycles. The van der Waals surface area contributed by atoms with Gasteiger partial charge in [-0.05, 0) is 18.2 Å².